The number of rotatable bonds is 3. The predicted molar refractivity (Wildman–Crippen MR) is 68.3 cm³/mol. The van der Waals surface area contributed by atoms with Gasteiger partial charge in [-0.05, 0) is 59.8 Å². The number of Topliss-reactive ketones (excluding diaryl/α,β-unsaturated/α-hetero) is 1. The second-order valence-electron chi connectivity index (χ2n) is 6.70. The van der Waals surface area contributed by atoms with E-state index in [2.05, 4.69) is 5.32 Å². The van der Waals surface area contributed by atoms with Crippen molar-refractivity contribution in [3.8, 4) is 0 Å². The van der Waals surface area contributed by atoms with Crippen molar-refractivity contribution in [1.82, 2.24) is 5.32 Å². The van der Waals surface area contributed by atoms with Crippen LogP contribution in [0.2, 0.25) is 0 Å². The normalized spacial score (nSPS) is 23.8. The first-order chi connectivity index (χ1) is 8.21. The maximum absolute atomic E-state index is 11.9. The Bertz CT molecular complexity index is 373. The molecule has 0 heterocycles. The van der Waals surface area contributed by atoms with Crippen molar-refractivity contribution in [1.29, 1.82) is 0 Å². The van der Waals surface area contributed by atoms with Crippen molar-refractivity contribution in [2.45, 2.75) is 70.9 Å². The minimum atomic E-state index is -0.498. The predicted octanol–water partition coefficient (Wildman–Crippen LogP) is 2.80. The highest BCUT2D eigenvalue weighted by atomic mass is 16.6. The number of alkyl carbamates (subject to hydrolysis) is 1. The molecular weight excluding hydrogens is 230 g/mol. The molecule has 2 aliphatic carbocycles. The molecule has 0 aromatic heterocycles. The fourth-order valence-corrected chi connectivity index (χ4v) is 3.05. The third-order valence-electron chi connectivity index (χ3n) is 4.29. The van der Waals surface area contributed by atoms with E-state index < -0.39 is 11.7 Å². The van der Waals surface area contributed by atoms with Crippen molar-refractivity contribution in [2.75, 3.05) is 0 Å². The topological polar surface area (TPSA) is 55.4 Å². The first-order valence-electron chi connectivity index (χ1n) is 6.73. The molecule has 18 heavy (non-hydrogen) atoms. The van der Waals surface area contributed by atoms with E-state index in [-0.39, 0.29) is 16.7 Å². The molecule has 0 radical (unpaired) electrons. The van der Waals surface area contributed by atoms with Crippen LogP contribution in [0.15, 0.2) is 0 Å². The number of nitrogens with one attached hydrogen (secondary N) is 1. The highest BCUT2D eigenvalue weighted by Gasteiger charge is 2.65. The lowest BCUT2D eigenvalue weighted by Crippen LogP contribution is -2.62. The van der Waals surface area contributed by atoms with E-state index in [1.807, 2.05) is 20.8 Å². The van der Waals surface area contributed by atoms with Crippen LogP contribution in [0.3, 0.4) is 0 Å². The molecule has 2 saturated carbocycles. The highest BCUT2D eigenvalue weighted by molar-refractivity contribution is 5.88. The summed E-state index contributed by atoms with van der Waals surface area (Å²) in [4.78, 5) is 23.8. The van der Waals surface area contributed by atoms with Gasteiger partial charge in [0.15, 0.2) is 0 Å². The summed E-state index contributed by atoms with van der Waals surface area (Å²) in [5, 5.41) is 2.99. The molecule has 4 nitrogen and oxygen atoms in total. The van der Waals surface area contributed by atoms with Crippen LogP contribution in [0, 0.1) is 5.41 Å². The second-order valence-corrected chi connectivity index (χ2v) is 6.70. The van der Waals surface area contributed by atoms with Crippen LogP contribution >= 0.6 is 0 Å². The summed E-state index contributed by atoms with van der Waals surface area (Å²) in [6.45, 7) is 7.18. The van der Waals surface area contributed by atoms with Gasteiger partial charge >= 0.3 is 6.09 Å². The largest absolute Gasteiger partial charge is 0.444 e. The molecule has 0 spiro atoms. The summed E-state index contributed by atoms with van der Waals surface area (Å²) in [6, 6.07) is 0. The molecule has 102 valence electrons. The molecule has 2 rings (SSSR count). The van der Waals surface area contributed by atoms with Gasteiger partial charge in [-0.25, -0.2) is 4.79 Å². The Balaban J connectivity index is 2.06. The molecule has 0 aromatic rings. The van der Waals surface area contributed by atoms with E-state index in [9.17, 15) is 9.59 Å². The molecule has 0 atom stereocenters. The fraction of sp³-hybridized carbons (Fsp3) is 0.857. The third-order valence-corrected chi connectivity index (χ3v) is 4.29. The molecule has 4 heteroatoms. The van der Waals surface area contributed by atoms with Gasteiger partial charge in [-0.15, -0.1) is 0 Å². The Kier molecular flexibility index (Phi) is 2.95. The summed E-state index contributed by atoms with van der Waals surface area (Å²) in [7, 11) is 0. The van der Waals surface area contributed by atoms with Crippen molar-refractivity contribution in [2.24, 2.45) is 5.41 Å². The van der Waals surface area contributed by atoms with Crippen LogP contribution in [0.1, 0.15) is 59.8 Å². The van der Waals surface area contributed by atoms with Crippen LogP contribution < -0.4 is 5.32 Å². The van der Waals surface area contributed by atoms with E-state index in [1.54, 1.807) is 6.92 Å². The standard InChI is InChI=1S/C14H23NO3/c1-10(16)13(8-9-13)14(6-5-7-14)15-11(17)18-12(2,3)4/h5-9H2,1-4H3,(H,15,17). The molecule has 0 bridgehead atoms. The molecule has 0 aliphatic heterocycles. The molecular formula is C14H23NO3. The second kappa shape index (κ2) is 3.97. The van der Waals surface area contributed by atoms with E-state index in [4.69, 9.17) is 4.74 Å². The summed E-state index contributed by atoms with van der Waals surface area (Å²) in [5.41, 5.74) is -1.13. The van der Waals surface area contributed by atoms with Gasteiger partial charge in [0.05, 0.1) is 11.0 Å². The SMILES string of the molecule is CC(=O)C1(C2(NC(=O)OC(C)(C)C)CCC2)CC1. The number of hydrogen-bond acceptors (Lipinski definition) is 3. The van der Waals surface area contributed by atoms with Crippen molar-refractivity contribution in [3.05, 3.63) is 0 Å². The Morgan fingerprint density at radius 1 is 1.11 bits per heavy atom. The van der Waals surface area contributed by atoms with Crippen LogP contribution in [0.5, 0.6) is 0 Å². The first-order valence-corrected chi connectivity index (χ1v) is 6.73. The Hall–Kier alpha value is -1.06. The number of ketones is 1. The lowest BCUT2D eigenvalue weighted by molar-refractivity contribution is -0.127. The summed E-state index contributed by atoms with van der Waals surface area (Å²) < 4.78 is 5.31. The van der Waals surface area contributed by atoms with Gasteiger partial charge in [-0.1, -0.05) is 0 Å². The summed E-state index contributed by atoms with van der Waals surface area (Å²) >= 11 is 0. The van der Waals surface area contributed by atoms with Gasteiger partial charge in [0.1, 0.15) is 11.4 Å². The molecule has 2 fully saturated rings. The Morgan fingerprint density at radius 3 is 1.94 bits per heavy atom. The molecule has 0 saturated heterocycles. The highest BCUT2D eigenvalue weighted by Crippen LogP contribution is 2.61. The van der Waals surface area contributed by atoms with E-state index >= 15 is 0 Å². The number of amides is 1. The van der Waals surface area contributed by atoms with Gasteiger partial charge in [0.2, 0.25) is 0 Å². The number of carbonyl (C=O) groups excluding carboxylic acids is 2. The van der Waals surface area contributed by atoms with Gasteiger partial charge in [0, 0.05) is 0 Å². The van der Waals surface area contributed by atoms with Crippen LogP contribution in [-0.2, 0) is 9.53 Å². The summed E-state index contributed by atoms with van der Waals surface area (Å²) in [5.74, 6) is 0.207. The zero-order valence-corrected chi connectivity index (χ0v) is 11.8. The average molecular weight is 253 g/mol. The van der Waals surface area contributed by atoms with E-state index in [0.29, 0.717) is 0 Å². The van der Waals surface area contributed by atoms with Crippen LogP contribution in [0.4, 0.5) is 4.79 Å². The van der Waals surface area contributed by atoms with Crippen molar-refractivity contribution >= 4 is 11.9 Å². The zero-order valence-electron chi connectivity index (χ0n) is 11.8. The minimum Gasteiger partial charge on any atom is -0.444 e. The molecule has 0 aromatic carbocycles. The molecule has 0 unspecified atom stereocenters. The maximum atomic E-state index is 11.9. The fourth-order valence-electron chi connectivity index (χ4n) is 3.05. The van der Waals surface area contributed by atoms with Crippen LogP contribution in [0.25, 0.3) is 0 Å². The molecule has 2 aliphatic rings. The van der Waals surface area contributed by atoms with Gasteiger partial charge in [-0.2, -0.15) is 0 Å². The summed E-state index contributed by atoms with van der Waals surface area (Å²) in [6.07, 6.45) is 4.27. The average Bonchev–Trinajstić information content (AvgIpc) is 2.88. The number of hydrogen-bond donors (Lipinski definition) is 1. The van der Waals surface area contributed by atoms with Gasteiger partial charge < -0.3 is 10.1 Å². The van der Waals surface area contributed by atoms with Gasteiger partial charge in [-0.3, -0.25) is 4.79 Å². The first kappa shape index (κ1) is 13.4. The maximum Gasteiger partial charge on any atom is 0.408 e. The lowest BCUT2D eigenvalue weighted by atomic mass is 9.64. The Labute approximate surface area is 108 Å². The number of ether oxygens (including phenoxy) is 1. The zero-order chi connectivity index (χ0) is 13.6. The monoisotopic (exact) mass is 253 g/mol. The van der Waals surface area contributed by atoms with Crippen LogP contribution in [-0.4, -0.2) is 23.0 Å². The van der Waals surface area contributed by atoms with Crippen molar-refractivity contribution in [3.63, 3.8) is 0 Å². The Morgan fingerprint density at radius 2 is 1.67 bits per heavy atom. The van der Waals surface area contributed by atoms with Crippen molar-refractivity contribution < 1.29 is 14.3 Å². The van der Waals surface area contributed by atoms with E-state index in [0.717, 1.165) is 32.1 Å². The van der Waals surface area contributed by atoms with Gasteiger partial charge in [0.25, 0.3) is 0 Å². The molecule has 1 N–H and O–H groups in total. The third kappa shape index (κ3) is 2.13. The van der Waals surface area contributed by atoms with E-state index in [1.165, 1.54) is 0 Å². The minimum absolute atomic E-state index is 0.207. The number of carbonyl (C=O) groups is 2. The quantitative estimate of drug-likeness (QED) is 0.841. The molecule has 1 amide bonds. The lowest BCUT2D eigenvalue weighted by Gasteiger charge is -2.48. The smallest absolute Gasteiger partial charge is 0.408 e.